The Morgan fingerprint density at radius 3 is 0.835 bits per heavy atom. The molecule has 2 atom stereocenters. The summed E-state index contributed by atoms with van der Waals surface area (Å²) in [5.41, 5.74) is 0. The number of hydrogen-bond acceptors (Lipinski definition) is 5. The summed E-state index contributed by atoms with van der Waals surface area (Å²) in [6.45, 7) is 4.96. The minimum Gasteiger partial charge on any atom is -0.466 e. The van der Waals surface area contributed by atoms with Gasteiger partial charge in [-0.15, -0.1) is 0 Å². The first-order valence-electron chi connectivity index (χ1n) is 39.1. The predicted molar refractivity (Wildman–Crippen MR) is 375 cm³/mol. The van der Waals surface area contributed by atoms with E-state index in [1.807, 2.05) is 6.08 Å². The summed E-state index contributed by atoms with van der Waals surface area (Å²) in [7, 11) is 0. The third-order valence-electron chi connectivity index (χ3n) is 18.5. The number of ether oxygens (including phenoxy) is 1. The largest absolute Gasteiger partial charge is 0.466 e. The van der Waals surface area contributed by atoms with Crippen LogP contribution in [0, 0.1) is 0 Å². The van der Waals surface area contributed by atoms with Crippen molar-refractivity contribution in [1.82, 2.24) is 5.32 Å². The number of nitrogens with one attached hydrogen (secondary N) is 1. The molecule has 0 aliphatic rings. The van der Waals surface area contributed by atoms with E-state index in [9.17, 15) is 19.8 Å². The zero-order chi connectivity index (χ0) is 61.3. The van der Waals surface area contributed by atoms with Crippen LogP contribution in [0.15, 0.2) is 24.3 Å². The minimum absolute atomic E-state index is 0.0195. The van der Waals surface area contributed by atoms with E-state index in [-0.39, 0.29) is 18.5 Å². The maximum Gasteiger partial charge on any atom is 0.305 e. The van der Waals surface area contributed by atoms with Crippen molar-refractivity contribution in [2.75, 3.05) is 13.2 Å². The van der Waals surface area contributed by atoms with Crippen molar-refractivity contribution < 1.29 is 24.5 Å². The standard InChI is InChI=1S/C79H153NO5/c1-3-5-7-9-11-13-15-17-19-20-21-22-23-29-32-35-38-41-44-47-51-55-59-63-67-71-77(82)76(75-81)80-78(83)72-68-64-60-56-52-48-45-42-39-36-33-30-27-25-24-26-28-31-34-37-40-43-46-50-54-58-62-66-70-74-85-79(84)73-69-65-61-57-53-49-18-16-14-12-10-8-6-4-2/h24,26,67,71,76-77,81-82H,3-23,25,27-66,68-70,72-75H2,1-2H3,(H,80,83)/b26-24-,71-67+. The van der Waals surface area contributed by atoms with Crippen LogP contribution < -0.4 is 5.32 Å². The highest BCUT2D eigenvalue weighted by molar-refractivity contribution is 5.76. The second-order valence-electron chi connectivity index (χ2n) is 27.0. The average Bonchev–Trinajstić information content (AvgIpc) is 3.51. The SMILES string of the molecule is CCCCCCCCCCCCCCCCCCCCCCCCC/C=C/C(O)C(CO)NC(=O)CCCCCCCCCCCCCCC/C=C\CCCCCCCCCCCCCCOC(=O)CCCCCCCCCCCCCCCC. The molecule has 504 valence electrons. The van der Waals surface area contributed by atoms with Gasteiger partial charge < -0.3 is 20.3 Å². The highest BCUT2D eigenvalue weighted by atomic mass is 16.5. The molecule has 1 amide bonds. The molecule has 0 aromatic rings. The third kappa shape index (κ3) is 71.3. The summed E-state index contributed by atoms with van der Waals surface area (Å²) < 4.78 is 5.50. The fourth-order valence-electron chi connectivity index (χ4n) is 12.5. The van der Waals surface area contributed by atoms with Crippen molar-refractivity contribution in [3.8, 4) is 0 Å². The van der Waals surface area contributed by atoms with Crippen LogP contribution in [-0.4, -0.2) is 47.4 Å². The molecule has 0 saturated heterocycles. The topological polar surface area (TPSA) is 95.9 Å². The van der Waals surface area contributed by atoms with Crippen molar-refractivity contribution >= 4 is 11.9 Å². The molecule has 2 unspecified atom stereocenters. The number of unbranched alkanes of at least 4 members (excludes halogenated alkanes) is 61. The van der Waals surface area contributed by atoms with Gasteiger partial charge in [-0.05, 0) is 57.8 Å². The smallest absolute Gasteiger partial charge is 0.305 e. The Morgan fingerprint density at radius 1 is 0.318 bits per heavy atom. The number of hydrogen-bond donors (Lipinski definition) is 3. The zero-order valence-corrected chi connectivity index (χ0v) is 57.9. The van der Waals surface area contributed by atoms with E-state index in [2.05, 4.69) is 31.3 Å². The lowest BCUT2D eigenvalue weighted by molar-refractivity contribution is -0.143. The number of amides is 1. The Balaban J connectivity index is 3.39. The minimum atomic E-state index is -0.845. The van der Waals surface area contributed by atoms with Crippen molar-refractivity contribution in [1.29, 1.82) is 0 Å². The summed E-state index contributed by atoms with van der Waals surface area (Å²) in [6, 6.07) is -0.629. The number of aliphatic hydroxyl groups excluding tert-OH is 2. The average molecular weight is 1200 g/mol. The van der Waals surface area contributed by atoms with Gasteiger partial charge in [-0.3, -0.25) is 9.59 Å². The lowest BCUT2D eigenvalue weighted by Gasteiger charge is -2.20. The third-order valence-corrected chi connectivity index (χ3v) is 18.5. The van der Waals surface area contributed by atoms with Gasteiger partial charge >= 0.3 is 5.97 Å². The maximum absolute atomic E-state index is 12.6. The molecular formula is C79H153NO5. The fourth-order valence-corrected chi connectivity index (χ4v) is 12.5. The molecule has 6 nitrogen and oxygen atoms in total. The Bertz CT molecular complexity index is 1330. The van der Waals surface area contributed by atoms with Crippen LogP contribution >= 0.6 is 0 Å². The molecule has 0 heterocycles. The van der Waals surface area contributed by atoms with Gasteiger partial charge in [-0.2, -0.15) is 0 Å². The molecule has 0 radical (unpaired) electrons. The second-order valence-corrected chi connectivity index (χ2v) is 27.0. The summed E-state index contributed by atoms with van der Waals surface area (Å²) in [6.07, 6.45) is 95.8. The first-order valence-corrected chi connectivity index (χ1v) is 39.1. The Kier molecular flexibility index (Phi) is 73.3. The predicted octanol–water partition coefficient (Wildman–Crippen LogP) is 25.7. The second kappa shape index (κ2) is 74.8. The van der Waals surface area contributed by atoms with E-state index < -0.39 is 12.1 Å². The number of esters is 1. The van der Waals surface area contributed by atoms with Crippen molar-refractivity contribution in [2.24, 2.45) is 0 Å². The molecule has 0 aromatic heterocycles. The van der Waals surface area contributed by atoms with Crippen molar-refractivity contribution in [3.63, 3.8) is 0 Å². The molecule has 0 saturated carbocycles. The van der Waals surface area contributed by atoms with Crippen LogP contribution in [0.4, 0.5) is 0 Å². The first-order chi connectivity index (χ1) is 42.0. The normalized spacial score (nSPS) is 12.6. The van der Waals surface area contributed by atoms with Gasteiger partial charge in [0.2, 0.25) is 5.91 Å². The van der Waals surface area contributed by atoms with Gasteiger partial charge in [0, 0.05) is 12.8 Å². The van der Waals surface area contributed by atoms with Gasteiger partial charge in [0.15, 0.2) is 0 Å². The van der Waals surface area contributed by atoms with E-state index >= 15 is 0 Å². The van der Waals surface area contributed by atoms with E-state index in [4.69, 9.17) is 4.74 Å². The van der Waals surface area contributed by atoms with E-state index in [0.29, 0.717) is 19.4 Å². The van der Waals surface area contributed by atoms with E-state index in [0.717, 1.165) is 38.5 Å². The molecule has 6 heteroatoms. The van der Waals surface area contributed by atoms with Crippen LogP contribution in [-0.2, 0) is 14.3 Å². The van der Waals surface area contributed by atoms with Crippen LogP contribution in [0.2, 0.25) is 0 Å². The number of rotatable bonds is 74. The highest BCUT2D eigenvalue weighted by Crippen LogP contribution is 2.20. The summed E-state index contributed by atoms with van der Waals surface area (Å²) in [5, 5.41) is 23.3. The van der Waals surface area contributed by atoms with E-state index in [1.165, 1.54) is 379 Å². The van der Waals surface area contributed by atoms with Gasteiger partial charge in [0.05, 0.1) is 25.4 Å². The van der Waals surface area contributed by atoms with Crippen LogP contribution in [0.3, 0.4) is 0 Å². The van der Waals surface area contributed by atoms with Gasteiger partial charge in [0.25, 0.3) is 0 Å². The van der Waals surface area contributed by atoms with Crippen molar-refractivity contribution in [3.05, 3.63) is 24.3 Å². The number of aliphatic hydroxyl groups is 2. The zero-order valence-electron chi connectivity index (χ0n) is 57.9. The Morgan fingerprint density at radius 2 is 0.553 bits per heavy atom. The number of carbonyl (C=O) groups excluding carboxylic acids is 2. The monoisotopic (exact) mass is 1200 g/mol. The first kappa shape index (κ1) is 83.3. The lowest BCUT2D eigenvalue weighted by Crippen LogP contribution is -2.45. The molecule has 0 rings (SSSR count). The Labute approximate surface area is 532 Å². The molecule has 85 heavy (non-hydrogen) atoms. The maximum atomic E-state index is 12.6. The molecule has 0 aromatic carbocycles. The van der Waals surface area contributed by atoms with Crippen LogP contribution in [0.5, 0.6) is 0 Å². The summed E-state index contributed by atoms with van der Waals surface area (Å²) in [5.74, 6) is -0.0423. The lowest BCUT2D eigenvalue weighted by atomic mass is 10.0. The van der Waals surface area contributed by atoms with Gasteiger partial charge in [0.1, 0.15) is 0 Å². The molecule has 0 aliphatic carbocycles. The number of allylic oxidation sites excluding steroid dienone is 3. The highest BCUT2D eigenvalue weighted by Gasteiger charge is 2.18. The van der Waals surface area contributed by atoms with Gasteiger partial charge in [-0.25, -0.2) is 0 Å². The van der Waals surface area contributed by atoms with Crippen LogP contribution in [0.25, 0.3) is 0 Å². The van der Waals surface area contributed by atoms with Crippen LogP contribution in [0.1, 0.15) is 444 Å². The molecular weight excluding hydrogens is 1040 g/mol. The molecule has 0 bridgehead atoms. The van der Waals surface area contributed by atoms with Crippen molar-refractivity contribution in [2.45, 2.75) is 456 Å². The summed E-state index contributed by atoms with van der Waals surface area (Å²) >= 11 is 0. The Hall–Kier alpha value is -1.66. The molecule has 0 fully saturated rings. The number of carbonyl (C=O) groups is 2. The molecule has 0 spiro atoms. The fraction of sp³-hybridized carbons (Fsp3) is 0.924. The molecule has 3 N–H and O–H groups in total. The van der Waals surface area contributed by atoms with E-state index in [1.54, 1.807) is 6.08 Å². The van der Waals surface area contributed by atoms with Gasteiger partial charge in [-0.1, -0.05) is 398 Å². The molecule has 0 aliphatic heterocycles. The quantitative estimate of drug-likeness (QED) is 0.0320. The summed E-state index contributed by atoms with van der Waals surface area (Å²) in [4.78, 5) is 24.6.